The largest absolute Gasteiger partial charge is 0.383 e. The summed E-state index contributed by atoms with van der Waals surface area (Å²) in [4.78, 5) is 0. The van der Waals surface area contributed by atoms with E-state index in [0.29, 0.717) is 23.5 Å². The summed E-state index contributed by atoms with van der Waals surface area (Å²) < 4.78 is 18.5. The number of methoxy groups -OCH3 is 1. The van der Waals surface area contributed by atoms with Crippen molar-refractivity contribution >= 4 is 11.6 Å². The Morgan fingerprint density at radius 2 is 2.35 bits per heavy atom. The summed E-state index contributed by atoms with van der Waals surface area (Å²) in [5.41, 5.74) is 0.760. The van der Waals surface area contributed by atoms with E-state index in [9.17, 15) is 4.39 Å². The van der Waals surface area contributed by atoms with E-state index in [2.05, 4.69) is 5.32 Å². The van der Waals surface area contributed by atoms with E-state index in [1.165, 1.54) is 6.07 Å². The summed E-state index contributed by atoms with van der Waals surface area (Å²) in [6, 6.07) is 4.79. The maximum Gasteiger partial charge on any atom is 0.126 e. The molecule has 1 aromatic rings. The van der Waals surface area contributed by atoms with E-state index in [1.54, 1.807) is 19.2 Å². The number of halogens is 2. The SMILES string of the molecule is COCCNCC1CC1c1cc(Cl)ccc1F. The molecule has 2 atom stereocenters. The third-order valence-electron chi connectivity index (χ3n) is 3.17. The summed E-state index contributed by atoms with van der Waals surface area (Å²) in [5, 5.41) is 3.91. The van der Waals surface area contributed by atoms with Crippen molar-refractivity contribution in [3.8, 4) is 0 Å². The monoisotopic (exact) mass is 257 g/mol. The number of hydrogen-bond donors (Lipinski definition) is 1. The first-order chi connectivity index (χ1) is 8.22. The standard InChI is InChI=1S/C13H17ClFNO/c1-17-5-4-16-8-9-6-11(9)12-7-10(14)2-3-13(12)15/h2-3,7,9,11,16H,4-6,8H2,1H3. The molecule has 1 saturated carbocycles. The minimum absolute atomic E-state index is 0.140. The van der Waals surface area contributed by atoms with E-state index < -0.39 is 0 Å². The smallest absolute Gasteiger partial charge is 0.126 e. The Kier molecular flexibility index (Phi) is 4.37. The van der Waals surface area contributed by atoms with Gasteiger partial charge in [-0.3, -0.25) is 0 Å². The Bertz CT molecular complexity index is 386. The van der Waals surface area contributed by atoms with Crippen LogP contribution in [0.15, 0.2) is 18.2 Å². The first kappa shape index (κ1) is 12.8. The van der Waals surface area contributed by atoms with Gasteiger partial charge in [0.2, 0.25) is 0 Å². The zero-order valence-corrected chi connectivity index (χ0v) is 10.6. The van der Waals surface area contributed by atoms with Gasteiger partial charge in [-0.05, 0) is 48.6 Å². The van der Waals surface area contributed by atoms with Gasteiger partial charge in [0.1, 0.15) is 5.82 Å². The Balaban J connectivity index is 1.83. The fourth-order valence-electron chi connectivity index (χ4n) is 2.11. The summed E-state index contributed by atoms with van der Waals surface area (Å²) in [7, 11) is 1.68. The lowest BCUT2D eigenvalue weighted by Crippen LogP contribution is -2.21. The molecule has 1 aliphatic rings. The van der Waals surface area contributed by atoms with Crippen molar-refractivity contribution in [2.24, 2.45) is 5.92 Å². The molecule has 0 aliphatic heterocycles. The fourth-order valence-corrected chi connectivity index (χ4v) is 2.30. The molecule has 17 heavy (non-hydrogen) atoms. The molecule has 2 unspecified atom stereocenters. The molecule has 0 heterocycles. The van der Waals surface area contributed by atoms with Gasteiger partial charge in [-0.1, -0.05) is 11.6 Å². The quantitative estimate of drug-likeness (QED) is 0.792. The lowest BCUT2D eigenvalue weighted by molar-refractivity contribution is 0.199. The molecule has 0 spiro atoms. The maximum atomic E-state index is 13.6. The number of hydrogen-bond acceptors (Lipinski definition) is 2. The van der Waals surface area contributed by atoms with Crippen molar-refractivity contribution in [1.29, 1.82) is 0 Å². The summed E-state index contributed by atoms with van der Waals surface area (Å²) in [6.07, 6.45) is 1.04. The summed E-state index contributed by atoms with van der Waals surface area (Å²) in [6.45, 7) is 2.47. The predicted molar refractivity (Wildman–Crippen MR) is 67.0 cm³/mol. The topological polar surface area (TPSA) is 21.3 Å². The zero-order chi connectivity index (χ0) is 12.3. The highest BCUT2D eigenvalue weighted by atomic mass is 35.5. The molecule has 1 fully saturated rings. The molecule has 2 nitrogen and oxygen atoms in total. The van der Waals surface area contributed by atoms with Gasteiger partial charge < -0.3 is 10.1 Å². The van der Waals surface area contributed by atoms with E-state index in [4.69, 9.17) is 16.3 Å². The van der Waals surface area contributed by atoms with Gasteiger partial charge in [0.05, 0.1) is 6.61 Å². The first-order valence-electron chi connectivity index (χ1n) is 5.87. The first-order valence-corrected chi connectivity index (χ1v) is 6.24. The van der Waals surface area contributed by atoms with Crippen LogP contribution in [0.1, 0.15) is 17.9 Å². The van der Waals surface area contributed by atoms with Crippen molar-refractivity contribution in [2.45, 2.75) is 12.3 Å². The van der Waals surface area contributed by atoms with Crippen LogP contribution in [0, 0.1) is 11.7 Å². The second kappa shape index (κ2) is 5.80. The summed E-state index contributed by atoms with van der Waals surface area (Å²) in [5.74, 6) is 0.711. The van der Waals surface area contributed by atoms with Crippen molar-refractivity contribution in [2.75, 3.05) is 26.8 Å². The van der Waals surface area contributed by atoms with Crippen LogP contribution in [0.4, 0.5) is 4.39 Å². The molecule has 0 radical (unpaired) electrons. The Morgan fingerprint density at radius 3 is 3.12 bits per heavy atom. The molecular weight excluding hydrogens is 241 g/mol. The minimum atomic E-state index is -0.140. The van der Waals surface area contributed by atoms with E-state index >= 15 is 0 Å². The van der Waals surface area contributed by atoms with Crippen LogP contribution in [0.25, 0.3) is 0 Å². The molecule has 0 amide bonds. The number of rotatable bonds is 6. The number of ether oxygens (including phenoxy) is 1. The lowest BCUT2D eigenvalue weighted by atomic mass is 10.1. The van der Waals surface area contributed by atoms with Gasteiger partial charge >= 0.3 is 0 Å². The fraction of sp³-hybridized carbons (Fsp3) is 0.538. The second-order valence-corrected chi connectivity index (χ2v) is 4.90. The highest BCUT2D eigenvalue weighted by Crippen LogP contribution is 2.48. The van der Waals surface area contributed by atoms with Crippen molar-refractivity contribution in [1.82, 2.24) is 5.32 Å². The minimum Gasteiger partial charge on any atom is -0.383 e. The number of nitrogens with one attached hydrogen (secondary N) is 1. The van der Waals surface area contributed by atoms with Crippen LogP contribution < -0.4 is 5.32 Å². The summed E-state index contributed by atoms with van der Waals surface area (Å²) >= 11 is 5.88. The lowest BCUT2D eigenvalue weighted by Gasteiger charge is -2.05. The van der Waals surface area contributed by atoms with Gasteiger partial charge in [-0.25, -0.2) is 4.39 Å². The number of benzene rings is 1. The Morgan fingerprint density at radius 1 is 1.53 bits per heavy atom. The van der Waals surface area contributed by atoms with Crippen LogP contribution in [-0.4, -0.2) is 26.8 Å². The van der Waals surface area contributed by atoms with E-state index in [-0.39, 0.29) is 5.82 Å². The predicted octanol–water partition coefficient (Wildman–Crippen LogP) is 2.82. The van der Waals surface area contributed by atoms with E-state index in [0.717, 1.165) is 25.1 Å². The van der Waals surface area contributed by atoms with Gasteiger partial charge in [0.15, 0.2) is 0 Å². The Labute approximate surface area is 106 Å². The van der Waals surface area contributed by atoms with Crippen LogP contribution in [0.3, 0.4) is 0 Å². The Hall–Kier alpha value is -0.640. The molecule has 0 aromatic heterocycles. The molecule has 94 valence electrons. The maximum absolute atomic E-state index is 13.6. The van der Waals surface area contributed by atoms with Gasteiger partial charge in [0, 0.05) is 18.7 Å². The van der Waals surface area contributed by atoms with Crippen molar-refractivity contribution in [3.05, 3.63) is 34.6 Å². The van der Waals surface area contributed by atoms with Crippen LogP contribution in [0.2, 0.25) is 5.02 Å². The van der Waals surface area contributed by atoms with Crippen molar-refractivity contribution in [3.63, 3.8) is 0 Å². The molecule has 0 bridgehead atoms. The van der Waals surface area contributed by atoms with Gasteiger partial charge in [-0.15, -0.1) is 0 Å². The molecule has 4 heteroatoms. The van der Waals surface area contributed by atoms with E-state index in [1.807, 2.05) is 0 Å². The molecule has 1 aliphatic carbocycles. The highest BCUT2D eigenvalue weighted by molar-refractivity contribution is 6.30. The third kappa shape index (κ3) is 3.41. The molecule has 1 N–H and O–H groups in total. The zero-order valence-electron chi connectivity index (χ0n) is 9.88. The van der Waals surface area contributed by atoms with Crippen LogP contribution in [-0.2, 0) is 4.74 Å². The van der Waals surface area contributed by atoms with Gasteiger partial charge in [-0.2, -0.15) is 0 Å². The highest BCUT2D eigenvalue weighted by Gasteiger charge is 2.39. The molecular formula is C13H17ClFNO. The van der Waals surface area contributed by atoms with Crippen LogP contribution >= 0.6 is 11.6 Å². The van der Waals surface area contributed by atoms with Crippen LogP contribution in [0.5, 0.6) is 0 Å². The third-order valence-corrected chi connectivity index (χ3v) is 3.40. The molecule has 0 saturated heterocycles. The average molecular weight is 258 g/mol. The van der Waals surface area contributed by atoms with Gasteiger partial charge in [0.25, 0.3) is 0 Å². The molecule has 2 rings (SSSR count). The average Bonchev–Trinajstić information content (AvgIpc) is 3.07. The normalized spacial score (nSPS) is 22.8. The second-order valence-electron chi connectivity index (χ2n) is 4.47. The molecule has 1 aromatic carbocycles. The van der Waals surface area contributed by atoms with Crippen molar-refractivity contribution < 1.29 is 9.13 Å².